The summed E-state index contributed by atoms with van der Waals surface area (Å²) in [6.45, 7) is 0.0258. The molecule has 0 aromatic rings. The molecule has 0 radical (unpaired) electrons. The average Bonchev–Trinajstić information content (AvgIpc) is 2.72. The van der Waals surface area contributed by atoms with Crippen molar-refractivity contribution in [1.82, 2.24) is 16.0 Å². The van der Waals surface area contributed by atoms with E-state index in [1.54, 1.807) is 0 Å². The Hall–Kier alpha value is -2.38. The van der Waals surface area contributed by atoms with Gasteiger partial charge in [0.25, 0.3) is 0 Å². The summed E-state index contributed by atoms with van der Waals surface area (Å²) in [5.41, 5.74) is 15.9. The summed E-state index contributed by atoms with van der Waals surface area (Å²) < 4.78 is 0. The first-order valence-corrected chi connectivity index (χ1v) is 11.4. The zero-order valence-corrected chi connectivity index (χ0v) is 18.5. The Labute approximate surface area is 185 Å². The number of thioether (sulfide) groups is 1. The highest BCUT2D eigenvalue weighted by atomic mass is 32.2. The number of unbranched alkanes of at least 4 members (excludes halogenated alkanes) is 1. The minimum Gasteiger partial charge on any atom is -0.480 e. The number of hydrogen-bond acceptors (Lipinski definition) is 8. The second kappa shape index (κ2) is 16.3. The van der Waals surface area contributed by atoms with Crippen LogP contribution < -0.4 is 33.2 Å². The van der Waals surface area contributed by atoms with Gasteiger partial charge in [0.15, 0.2) is 0 Å². The summed E-state index contributed by atoms with van der Waals surface area (Å²) in [5.74, 6) is -3.28. The smallest absolute Gasteiger partial charge is 0.326 e. The van der Waals surface area contributed by atoms with E-state index in [9.17, 15) is 29.1 Å². The van der Waals surface area contributed by atoms with Crippen LogP contribution >= 0.6 is 11.8 Å². The number of carboxylic acid groups (broad SMARTS) is 1. The lowest BCUT2D eigenvalue weighted by Crippen LogP contribution is -2.56. The summed E-state index contributed by atoms with van der Waals surface area (Å²) in [4.78, 5) is 59.5. The van der Waals surface area contributed by atoms with E-state index in [4.69, 9.17) is 17.2 Å². The Balaban J connectivity index is 5.34. The van der Waals surface area contributed by atoms with E-state index in [1.165, 1.54) is 11.8 Å². The average molecular weight is 463 g/mol. The fourth-order valence-corrected chi connectivity index (χ4v) is 3.08. The van der Waals surface area contributed by atoms with Crippen molar-refractivity contribution < 1.29 is 29.1 Å². The van der Waals surface area contributed by atoms with Crippen molar-refractivity contribution >= 4 is 41.4 Å². The molecular formula is C18H34N6O6S. The summed E-state index contributed by atoms with van der Waals surface area (Å²) in [5, 5.41) is 16.7. The van der Waals surface area contributed by atoms with Gasteiger partial charge in [-0.2, -0.15) is 11.8 Å². The molecule has 0 fully saturated rings. The van der Waals surface area contributed by atoms with Crippen LogP contribution in [0, 0.1) is 0 Å². The van der Waals surface area contributed by atoms with Crippen molar-refractivity contribution in [3.05, 3.63) is 0 Å². The van der Waals surface area contributed by atoms with Crippen LogP contribution in [0.25, 0.3) is 0 Å². The van der Waals surface area contributed by atoms with Gasteiger partial charge in [0.05, 0.1) is 6.54 Å². The second-order valence-corrected chi connectivity index (χ2v) is 7.84. The van der Waals surface area contributed by atoms with Crippen LogP contribution in [0.3, 0.4) is 0 Å². The van der Waals surface area contributed by atoms with Crippen molar-refractivity contribution in [2.24, 2.45) is 17.2 Å². The zero-order chi connectivity index (χ0) is 23.8. The molecule has 12 nitrogen and oxygen atoms in total. The van der Waals surface area contributed by atoms with Crippen molar-refractivity contribution in [3.8, 4) is 0 Å². The number of carboxylic acids is 1. The molecule has 0 aromatic carbocycles. The summed E-state index contributed by atoms with van der Waals surface area (Å²) >= 11 is 1.44. The summed E-state index contributed by atoms with van der Waals surface area (Å²) in [6, 6.07) is -3.27. The molecule has 4 amide bonds. The topological polar surface area (TPSA) is 220 Å². The predicted molar refractivity (Wildman–Crippen MR) is 117 cm³/mol. The Morgan fingerprint density at radius 1 is 0.871 bits per heavy atom. The van der Waals surface area contributed by atoms with E-state index >= 15 is 0 Å². The molecule has 178 valence electrons. The molecule has 0 bridgehead atoms. The van der Waals surface area contributed by atoms with Crippen molar-refractivity contribution in [2.75, 3.05) is 25.1 Å². The second-order valence-electron chi connectivity index (χ2n) is 6.86. The van der Waals surface area contributed by atoms with Gasteiger partial charge in [0.1, 0.15) is 18.1 Å². The van der Waals surface area contributed by atoms with E-state index < -0.39 is 47.7 Å². The number of nitrogens with two attached hydrogens (primary N) is 3. The number of carbonyl (C=O) groups is 5. The molecule has 0 rings (SSSR count). The van der Waals surface area contributed by atoms with E-state index in [1.807, 2.05) is 6.26 Å². The van der Waals surface area contributed by atoms with E-state index in [-0.39, 0.29) is 32.2 Å². The zero-order valence-electron chi connectivity index (χ0n) is 17.7. The van der Waals surface area contributed by atoms with Gasteiger partial charge in [-0.05, 0) is 50.7 Å². The molecule has 0 spiro atoms. The van der Waals surface area contributed by atoms with Gasteiger partial charge >= 0.3 is 5.97 Å². The number of hydrogen-bond donors (Lipinski definition) is 7. The monoisotopic (exact) mass is 462 g/mol. The lowest BCUT2D eigenvalue weighted by molar-refractivity contribution is -0.142. The fraction of sp³-hybridized carbons (Fsp3) is 0.722. The molecular weight excluding hydrogens is 428 g/mol. The summed E-state index contributed by atoms with van der Waals surface area (Å²) in [7, 11) is 0. The number of carbonyl (C=O) groups excluding carboxylic acids is 4. The quantitative estimate of drug-likeness (QED) is 0.115. The molecule has 0 saturated heterocycles. The molecule has 13 heteroatoms. The molecule has 3 atom stereocenters. The molecule has 0 saturated carbocycles. The maximum Gasteiger partial charge on any atom is 0.326 e. The Kier molecular flexibility index (Phi) is 15.1. The Morgan fingerprint density at radius 3 is 1.94 bits per heavy atom. The third-order valence-electron chi connectivity index (χ3n) is 4.32. The molecule has 31 heavy (non-hydrogen) atoms. The lowest BCUT2D eigenvalue weighted by Gasteiger charge is -2.24. The molecule has 0 aliphatic heterocycles. The Morgan fingerprint density at radius 2 is 1.45 bits per heavy atom. The maximum atomic E-state index is 12.7. The van der Waals surface area contributed by atoms with E-state index in [0.29, 0.717) is 25.1 Å². The van der Waals surface area contributed by atoms with Gasteiger partial charge in [0.2, 0.25) is 23.6 Å². The Bertz CT molecular complexity index is 620. The third kappa shape index (κ3) is 12.8. The first-order chi connectivity index (χ1) is 14.7. The maximum absolute atomic E-state index is 12.7. The minimum atomic E-state index is -1.18. The molecule has 3 unspecified atom stereocenters. The molecule has 0 aliphatic rings. The number of primary amides is 1. The van der Waals surface area contributed by atoms with Gasteiger partial charge in [-0.25, -0.2) is 4.79 Å². The van der Waals surface area contributed by atoms with Crippen molar-refractivity contribution in [3.63, 3.8) is 0 Å². The van der Waals surface area contributed by atoms with Crippen LogP contribution in [0.2, 0.25) is 0 Å². The normalized spacial score (nSPS) is 13.5. The van der Waals surface area contributed by atoms with Crippen LogP contribution in [-0.4, -0.2) is 77.9 Å². The highest BCUT2D eigenvalue weighted by molar-refractivity contribution is 7.98. The standard InChI is InChI=1S/C18H34N6O6S/c1-31-9-7-13(18(29)30)24-16(27)11(4-2-3-8-19)23-17(28)12(5-6-14(21)25)22-15(26)10-20/h11-13H,2-10,19-20H2,1H3,(H2,21,25)(H,22,26)(H,23,28)(H,24,27)(H,29,30). The predicted octanol–water partition coefficient (Wildman–Crippen LogP) is -2.37. The first-order valence-electron chi connectivity index (χ1n) is 9.96. The number of nitrogens with one attached hydrogen (secondary N) is 3. The van der Waals surface area contributed by atoms with Crippen LogP contribution in [-0.2, 0) is 24.0 Å². The number of aliphatic carboxylic acids is 1. The van der Waals surface area contributed by atoms with Crippen LogP contribution in [0.15, 0.2) is 0 Å². The minimum absolute atomic E-state index is 0.0739. The van der Waals surface area contributed by atoms with E-state index in [0.717, 1.165) is 0 Å². The molecule has 0 aliphatic carbocycles. The number of rotatable bonds is 17. The van der Waals surface area contributed by atoms with Gasteiger partial charge in [-0.15, -0.1) is 0 Å². The molecule has 0 heterocycles. The highest BCUT2D eigenvalue weighted by Crippen LogP contribution is 2.06. The van der Waals surface area contributed by atoms with Crippen molar-refractivity contribution in [1.29, 1.82) is 0 Å². The third-order valence-corrected chi connectivity index (χ3v) is 4.97. The largest absolute Gasteiger partial charge is 0.480 e. The highest BCUT2D eigenvalue weighted by Gasteiger charge is 2.29. The summed E-state index contributed by atoms with van der Waals surface area (Å²) in [6.07, 6.45) is 3.13. The van der Waals surface area contributed by atoms with Gasteiger partial charge < -0.3 is 38.3 Å². The first kappa shape index (κ1) is 28.6. The number of amides is 4. The van der Waals surface area contributed by atoms with Gasteiger partial charge in [0, 0.05) is 6.42 Å². The van der Waals surface area contributed by atoms with E-state index in [2.05, 4.69) is 16.0 Å². The molecule has 0 aromatic heterocycles. The van der Waals surface area contributed by atoms with Gasteiger partial charge in [-0.3, -0.25) is 19.2 Å². The molecule has 10 N–H and O–H groups in total. The SMILES string of the molecule is CSCCC(NC(=O)C(CCCCN)NC(=O)C(CCC(N)=O)NC(=O)CN)C(=O)O. The van der Waals surface area contributed by atoms with Crippen LogP contribution in [0.1, 0.15) is 38.5 Å². The van der Waals surface area contributed by atoms with Gasteiger partial charge in [-0.1, -0.05) is 0 Å². The fourth-order valence-electron chi connectivity index (χ4n) is 2.61. The lowest BCUT2D eigenvalue weighted by atomic mass is 10.1. The van der Waals surface area contributed by atoms with Crippen LogP contribution in [0.4, 0.5) is 0 Å². The van der Waals surface area contributed by atoms with Crippen molar-refractivity contribution in [2.45, 2.75) is 56.7 Å². The van der Waals surface area contributed by atoms with Crippen LogP contribution in [0.5, 0.6) is 0 Å².